The van der Waals surface area contributed by atoms with E-state index < -0.39 is 0 Å². The molecule has 3 aliphatic heterocycles. The van der Waals surface area contributed by atoms with Crippen LogP contribution in [-0.2, 0) is 11.2 Å². The number of pyridine rings is 1. The number of hydrogen-bond acceptors (Lipinski definition) is 3. The highest BCUT2D eigenvalue weighted by Gasteiger charge is 2.42. The van der Waals surface area contributed by atoms with Gasteiger partial charge in [-0.1, -0.05) is 36.4 Å². The number of likely N-dealkylation sites (tertiary alicyclic amines) is 1. The Labute approximate surface area is 171 Å². The summed E-state index contributed by atoms with van der Waals surface area (Å²) in [6.45, 7) is 3.33. The lowest BCUT2D eigenvalue weighted by Crippen LogP contribution is -2.53. The van der Waals surface area contributed by atoms with Crippen LogP contribution in [0.5, 0.6) is 0 Å². The molecule has 1 aromatic carbocycles. The third-order valence-corrected chi connectivity index (χ3v) is 7.04. The molecule has 2 saturated heterocycles. The van der Waals surface area contributed by atoms with Gasteiger partial charge in [0, 0.05) is 43.4 Å². The number of nitrogens with zero attached hydrogens (tertiary/aromatic N) is 2. The van der Waals surface area contributed by atoms with Crippen molar-refractivity contribution < 1.29 is 4.79 Å². The summed E-state index contributed by atoms with van der Waals surface area (Å²) in [6, 6.07) is 16.2. The van der Waals surface area contributed by atoms with Gasteiger partial charge in [-0.2, -0.15) is 0 Å². The zero-order valence-corrected chi connectivity index (χ0v) is 16.8. The van der Waals surface area contributed by atoms with Crippen molar-refractivity contribution in [3.05, 3.63) is 70.1 Å². The second kappa shape index (κ2) is 7.79. The summed E-state index contributed by atoms with van der Waals surface area (Å²) in [5, 5.41) is 3.38. The summed E-state index contributed by atoms with van der Waals surface area (Å²) in [6.07, 6.45) is 3.96. The average molecular weight is 392 g/mol. The van der Waals surface area contributed by atoms with Crippen LogP contribution in [0.15, 0.2) is 53.3 Å². The Morgan fingerprint density at radius 3 is 2.72 bits per heavy atom. The Morgan fingerprint density at radius 2 is 1.93 bits per heavy atom. The molecule has 2 aromatic rings. The Balaban J connectivity index is 1.47. The SMILES string of the molecule is O=C([C@H]1CCCNC1)N1C[C@H]2C[C@@H](C1)[C@H](Cc1ccccc1)n1c2cccc1=O. The zero-order chi connectivity index (χ0) is 19.8. The molecule has 0 saturated carbocycles. The van der Waals surface area contributed by atoms with Gasteiger partial charge in [-0.3, -0.25) is 9.59 Å². The molecule has 4 heterocycles. The lowest BCUT2D eigenvalue weighted by molar-refractivity contribution is -0.139. The van der Waals surface area contributed by atoms with Gasteiger partial charge >= 0.3 is 0 Å². The number of rotatable bonds is 3. The van der Waals surface area contributed by atoms with Crippen molar-refractivity contribution in [3.8, 4) is 0 Å². The van der Waals surface area contributed by atoms with E-state index in [0.717, 1.165) is 57.6 Å². The summed E-state index contributed by atoms with van der Waals surface area (Å²) >= 11 is 0. The molecule has 0 unspecified atom stereocenters. The first-order valence-electron chi connectivity index (χ1n) is 11.0. The standard InChI is InChI=1S/C24H29N3O2/c28-23-10-4-9-21-19-13-20(22(27(21)23)12-17-6-2-1-3-7-17)16-26(15-19)24(29)18-8-5-11-25-14-18/h1-4,6-7,9-10,18-20,22,25H,5,8,11-16H2/t18-,19+,20-,22-/m0/s1. The average Bonchev–Trinajstić information content (AvgIpc) is 2.77. The molecule has 2 bridgehead atoms. The van der Waals surface area contributed by atoms with Gasteiger partial charge in [0.15, 0.2) is 0 Å². The van der Waals surface area contributed by atoms with Crippen molar-refractivity contribution in [1.82, 2.24) is 14.8 Å². The fourth-order valence-corrected chi connectivity index (χ4v) is 5.66. The van der Waals surface area contributed by atoms with Crippen LogP contribution in [0.2, 0.25) is 0 Å². The highest BCUT2D eigenvalue weighted by atomic mass is 16.2. The van der Waals surface area contributed by atoms with Crippen molar-refractivity contribution in [2.45, 2.75) is 37.6 Å². The normalized spacial score (nSPS) is 28.6. The van der Waals surface area contributed by atoms with Gasteiger partial charge in [-0.15, -0.1) is 0 Å². The molecule has 5 rings (SSSR count). The molecule has 152 valence electrons. The minimum absolute atomic E-state index is 0.0920. The van der Waals surface area contributed by atoms with Crippen LogP contribution in [0, 0.1) is 11.8 Å². The van der Waals surface area contributed by atoms with E-state index in [0.29, 0.717) is 11.8 Å². The van der Waals surface area contributed by atoms with Crippen LogP contribution in [0.3, 0.4) is 0 Å². The molecule has 5 heteroatoms. The molecule has 5 nitrogen and oxygen atoms in total. The highest BCUT2D eigenvalue weighted by molar-refractivity contribution is 5.79. The second-order valence-electron chi connectivity index (χ2n) is 8.90. The van der Waals surface area contributed by atoms with E-state index in [-0.39, 0.29) is 23.4 Å². The maximum Gasteiger partial charge on any atom is 0.251 e. The topological polar surface area (TPSA) is 54.3 Å². The predicted molar refractivity (Wildman–Crippen MR) is 113 cm³/mol. The minimum Gasteiger partial charge on any atom is -0.341 e. The summed E-state index contributed by atoms with van der Waals surface area (Å²) in [7, 11) is 0. The lowest BCUT2D eigenvalue weighted by Gasteiger charge is -2.48. The number of carbonyl (C=O) groups excluding carboxylic acids is 1. The second-order valence-corrected chi connectivity index (χ2v) is 8.90. The first-order chi connectivity index (χ1) is 14.2. The maximum absolute atomic E-state index is 13.2. The van der Waals surface area contributed by atoms with E-state index in [9.17, 15) is 9.59 Å². The smallest absolute Gasteiger partial charge is 0.251 e. The molecule has 4 atom stereocenters. The number of carbonyl (C=O) groups is 1. The fourth-order valence-electron chi connectivity index (χ4n) is 5.66. The highest BCUT2D eigenvalue weighted by Crippen LogP contribution is 2.42. The van der Waals surface area contributed by atoms with Crippen LogP contribution >= 0.6 is 0 Å². The Bertz CT molecular complexity index is 933. The van der Waals surface area contributed by atoms with Crippen molar-refractivity contribution in [2.24, 2.45) is 11.8 Å². The third kappa shape index (κ3) is 3.52. The molecule has 0 aliphatic carbocycles. The van der Waals surface area contributed by atoms with Gasteiger partial charge in [0.25, 0.3) is 5.56 Å². The van der Waals surface area contributed by atoms with E-state index >= 15 is 0 Å². The van der Waals surface area contributed by atoms with Gasteiger partial charge in [0.2, 0.25) is 5.91 Å². The Morgan fingerprint density at radius 1 is 1.07 bits per heavy atom. The molecule has 0 spiro atoms. The number of benzene rings is 1. The molecule has 1 amide bonds. The molecule has 3 aliphatic rings. The Hall–Kier alpha value is -2.40. The van der Waals surface area contributed by atoms with E-state index in [1.54, 1.807) is 6.07 Å². The van der Waals surface area contributed by atoms with Crippen LogP contribution in [-0.4, -0.2) is 41.6 Å². The molecule has 2 fully saturated rings. The maximum atomic E-state index is 13.2. The van der Waals surface area contributed by atoms with E-state index in [1.807, 2.05) is 16.7 Å². The van der Waals surface area contributed by atoms with Crippen molar-refractivity contribution in [1.29, 1.82) is 0 Å². The predicted octanol–water partition coefficient (Wildman–Crippen LogP) is 2.58. The first kappa shape index (κ1) is 18.6. The molecular formula is C24H29N3O2. The molecule has 1 aromatic heterocycles. The summed E-state index contributed by atoms with van der Waals surface area (Å²) in [5.41, 5.74) is 2.45. The van der Waals surface area contributed by atoms with Gasteiger partial charge < -0.3 is 14.8 Å². The summed E-state index contributed by atoms with van der Waals surface area (Å²) in [5.74, 6) is 0.988. The first-order valence-corrected chi connectivity index (χ1v) is 11.0. The number of fused-ring (bicyclic) bond motifs is 4. The van der Waals surface area contributed by atoms with Crippen molar-refractivity contribution >= 4 is 5.91 Å². The van der Waals surface area contributed by atoms with Gasteiger partial charge in [0.05, 0.1) is 5.92 Å². The van der Waals surface area contributed by atoms with E-state index in [4.69, 9.17) is 0 Å². The Kier molecular flexibility index (Phi) is 5.00. The van der Waals surface area contributed by atoms with Gasteiger partial charge in [0.1, 0.15) is 0 Å². The fraction of sp³-hybridized carbons (Fsp3) is 0.500. The number of aromatic nitrogens is 1. The molecule has 0 radical (unpaired) electrons. The van der Waals surface area contributed by atoms with Crippen molar-refractivity contribution in [2.75, 3.05) is 26.2 Å². The largest absolute Gasteiger partial charge is 0.341 e. The number of amides is 1. The minimum atomic E-state index is 0.0920. The van der Waals surface area contributed by atoms with Gasteiger partial charge in [-0.05, 0) is 49.8 Å². The van der Waals surface area contributed by atoms with E-state index in [2.05, 4.69) is 40.5 Å². The monoisotopic (exact) mass is 391 g/mol. The zero-order valence-electron chi connectivity index (χ0n) is 16.8. The number of hydrogen-bond donors (Lipinski definition) is 1. The number of piperidine rings is 2. The van der Waals surface area contributed by atoms with E-state index in [1.165, 1.54) is 5.56 Å². The van der Waals surface area contributed by atoms with Crippen molar-refractivity contribution in [3.63, 3.8) is 0 Å². The summed E-state index contributed by atoms with van der Waals surface area (Å²) < 4.78 is 2.04. The quantitative estimate of drug-likeness (QED) is 0.875. The molecule has 29 heavy (non-hydrogen) atoms. The third-order valence-electron chi connectivity index (χ3n) is 7.04. The van der Waals surface area contributed by atoms with Crippen LogP contribution in [0.1, 0.15) is 42.5 Å². The lowest BCUT2D eigenvalue weighted by atomic mass is 9.76. The van der Waals surface area contributed by atoms with Gasteiger partial charge in [-0.25, -0.2) is 0 Å². The van der Waals surface area contributed by atoms with Crippen LogP contribution < -0.4 is 10.9 Å². The molecular weight excluding hydrogens is 362 g/mol. The molecule has 1 N–H and O–H groups in total. The van der Waals surface area contributed by atoms with Crippen LogP contribution in [0.4, 0.5) is 0 Å². The summed E-state index contributed by atoms with van der Waals surface area (Å²) in [4.78, 5) is 28.2. The number of nitrogens with one attached hydrogen (secondary N) is 1. The van der Waals surface area contributed by atoms with Crippen LogP contribution in [0.25, 0.3) is 0 Å².